The van der Waals surface area contributed by atoms with E-state index in [1.165, 1.54) is 0 Å². The third-order valence-electron chi connectivity index (χ3n) is 1.69. The van der Waals surface area contributed by atoms with Gasteiger partial charge in [0, 0.05) is 0 Å². The van der Waals surface area contributed by atoms with Crippen LogP contribution in [0.4, 0.5) is 22.0 Å². The molecule has 9 heteroatoms. The molecule has 1 aromatic carbocycles. The fourth-order valence-corrected chi connectivity index (χ4v) is 1.23. The van der Waals surface area contributed by atoms with Crippen molar-refractivity contribution in [2.75, 3.05) is 0 Å². The van der Waals surface area contributed by atoms with Gasteiger partial charge in [0.25, 0.3) is 3.79 Å². The van der Waals surface area contributed by atoms with Gasteiger partial charge in [0.15, 0.2) is 23.3 Å². The van der Waals surface area contributed by atoms with E-state index < -0.39 is 44.2 Å². The number of ketones is 1. The Bertz CT molecular complexity index is 468. The lowest BCUT2D eigenvalue weighted by molar-refractivity contribution is 0.0985. The van der Waals surface area contributed by atoms with Gasteiger partial charge in [-0.3, -0.25) is 4.79 Å². The zero-order chi connectivity index (χ0) is 13.5. The molecule has 1 aromatic rings. The maximum Gasteiger partial charge on any atom is 0.253 e. The van der Waals surface area contributed by atoms with Gasteiger partial charge in [-0.05, 0) is 0 Å². The molecule has 0 fully saturated rings. The van der Waals surface area contributed by atoms with Crippen LogP contribution in [0.2, 0.25) is 0 Å². The van der Waals surface area contributed by atoms with Gasteiger partial charge in [-0.2, -0.15) is 0 Å². The fourth-order valence-electron chi connectivity index (χ4n) is 0.946. The number of benzene rings is 1. The first kappa shape index (κ1) is 14.5. The Balaban J connectivity index is 3.62. The molecule has 0 N–H and O–H groups in total. The van der Waals surface area contributed by atoms with E-state index in [-0.39, 0.29) is 0 Å². The molecule has 0 saturated carbocycles. The van der Waals surface area contributed by atoms with Crippen molar-refractivity contribution < 1.29 is 26.7 Å². The number of Topliss-reactive ketones (excluding diaryl/α,β-unsaturated/α-hetero) is 1. The third-order valence-corrected chi connectivity index (χ3v) is 2.21. The Kier molecular flexibility index (Phi) is 3.91. The van der Waals surface area contributed by atoms with E-state index in [9.17, 15) is 26.7 Å². The first-order valence-corrected chi connectivity index (χ1v) is 4.85. The molecule has 0 aliphatic heterocycles. The van der Waals surface area contributed by atoms with Crippen molar-refractivity contribution in [2.45, 2.75) is 3.79 Å². The van der Waals surface area contributed by atoms with Gasteiger partial charge in [-0.25, -0.2) is 22.0 Å². The molecule has 1 nitrogen and oxygen atoms in total. The second-order valence-electron chi connectivity index (χ2n) is 2.77. The summed E-state index contributed by atoms with van der Waals surface area (Å²) in [4.78, 5) is 11.2. The lowest BCUT2D eigenvalue weighted by atomic mass is 10.1. The summed E-state index contributed by atoms with van der Waals surface area (Å²) >= 11 is 15.0. The Labute approximate surface area is 106 Å². The summed E-state index contributed by atoms with van der Waals surface area (Å²) in [6, 6.07) is 0. The molecule has 0 aliphatic rings. The lowest BCUT2D eigenvalue weighted by Gasteiger charge is -2.12. The van der Waals surface area contributed by atoms with E-state index in [1.807, 2.05) is 0 Å². The molecule has 0 radical (unpaired) electrons. The average Bonchev–Trinajstić information content (AvgIpc) is 2.22. The summed E-state index contributed by atoms with van der Waals surface area (Å²) in [5.41, 5.74) is -1.79. The van der Waals surface area contributed by atoms with Gasteiger partial charge in [-0.1, -0.05) is 34.8 Å². The molecule has 0 heterocycles. The molecular formula is C8Cl3F5O. The van der Waals surface area contributed by atoms with Crippen LogP contribution in [0, 0.1) is 29.1 Å². The molecular weight excluding hydrogens is 313 g/mol. The molecule has 0 spiro atoms. The highest BCUT2D eigenvalue weighted by Crippen LogP contribution is 2.34. The summed E-state index contributed by atoms with van der Waals surface area (Å²) in [5.74, 6) is -13.5. The number of hydrogen-bond acceptors (Lipinski definition) is 1. The van der Waals surface area contributed by atoms with Crippen molar-refractivity contribution in [2.24, 2.45) is 0 Å². The molecule has 0 unspecified atom stereocenters. The van der Waals surface area contributed by atoms with E-state index >= 15 is 0 Å². The second kappa shape index (κ2) is 4.59. The zero-order valence-corrected chi connectivity index (χ0v) is 9.70. The molecule has 1 rings (SSSR count). The summed E-state index contributed by atoms with van der Waals surface area (Å²) in [7, 11) is 0. The minimum atomic E-state index is -2.83. The van der Waals surface area contributed by atoms with Crippen molar-refractivity contribution in [3.63, 3.8) is 0 Å². The van der Waals surface area contributed by atoms with Crippen LogP contribution >= 0.6 is 34.8 Å². The summed E-state index contributed by atoms with van der Waals surface area (Å²) in [5, 5.41) is 0. The highest BCUT2D eigenvalue weighted by Gasteiger charge is 2.39. The standard InChI is InChI=1S/C8Cl3F5O/c9-8(10,11)7(17)1-2(12)4(14)6(16)5(15)3(1)13. The SMILES string of the molecule is O=C(c1c(F)c(F)c(F)c(F)c1F)C(Cl)(Cl)Cl. The molecule has 17 heavy (non-hydrogen) atoms. The third kappa shape index (κ3) is 2.48. The Hall–Kier alpha value is -0.590. The summed E-state index contributed by atoms with van der Waals surface area (Å²) in [6.07, 6.45) is 0. The van der Waals surface area contributed by atoms with Crippen molar-refractivity contribution >= 4 is 40.6 Å². The van der Waals surface area contributed by atoms with Gasteiger partial charge in [0.1, 0.15) is 0 Å². The minimum absolute atomic E-state index is 1.79. The van der Waals surface area contributed by atoms with E-state index in [2.05, 4.69) is 0 Å². The Morgan fingerprint density at radius 1 is 0.765 bits per heavy atom. The van der Waals surface area contributed by atoms with Gasteiger partial charge < -0.3 is 0 Å². The van der Waals surface area contributed by atoms with Crippen LogP contribution in [0.25, 0.3) is 0 Å². The first-order valence-electron chi connectivity index (χ1n) is 3.72. The number of halogens is 8. The van der Waals surface area contributed by atoms with E-state index in [0.717, 1.165) is 0 Å². The molecule has 0 aliphatic carbocycles. The first-order chi connectivity index (χ1) is 7.59. The molecule has 94 valence electrons. The van der Waals surface area contributed by atoms with Crippen molar-refractivity contribution in [3.8, 4) is 0 Å². The van der Waals surface area contributed by atoms with Crippen LogP contribution in [0.15, 0.2) is 0 Å². The van der Waals surface area contributed by atoms with Gasteiger partial charge in [0.05, 0.1) is 5.56 Å². The molecule has 0 saturated heterocycles. The quantitative estimate of drug-likeness (QED) is 0.252. The summed E-state index contributed by atoms with van der Waals surface area (Å²) in [6.45, 7) is 0. The molecule has 0 atom stereocenters. The maximum absolute atomic E-state index is 13.1. The number of carbonyl (C=O) groups is 1. The van der Waals surface area contributed by atoms with Gasteiger partial charge in [-0.15, -0.1) is 0 Å². The Morgan fingerprint density at radius 2 is 1.06 bits per heavy atom. The number of carbonyl (C=O) groups excluding carboxylic acids is 1. The van der Waals surface area contributed by atoms with Crippen molar-refractivity contribution in [1.29, 1.82) is 0 Å². The largest absolute Gasteiger partial charge is 0.289 e. The van der Waals surface area contributed by atoms with Crippen LogP contribution < -0.4 is 0 Å². The molecule has 0 bridgehead atoms. The monoisotopic (exact) mass is 312 g/mol. The lowest BCUT2D eigenvalue weighted by Crippen LogP contribution is -2.24. The van der Waals surface area contributed by atoms with Crippen LogP contribution in [0.5, 0.6) is 0 Å². The highest BCUT2D eigenvalue weighted by atomic mass is 35.6. The van der Waals surface area contributed by atoms with Gasteiger partial charge in [0.2, 0.25) is 11.6 Å². The van der Waals surface area contributed by atoms with Crippen LogP contribution in [0.3, 0.4) is 0 Å². The van der Waals surface area contributed by atoms with Crippen LogP contribution in [0.1, 0.15) is 10.4 Å². The topological polar surface area (TPSA) is 17.1 Å². The summed E-state index contributed by atoms with van der Waals surface area (Å²) < 4.78 is 61.3. The van der Waals surface area contributed by atoms with Crippen LogP contribution in [-0.4, -0.2) is 9.58 Å². The molecule has 0 amide bonds. The predicted octanol–water partition coefficient (Wildman–Crippen LogP) is 3.93. The Morgan fingerprint density at radius 3 is 1.35 bits per heavy atom. The minimum Gasteiger partial charge on any atom is -0.289 e. The maximum atomic E-state index is 13.1. The normalized spacial score (nSPS) is 11.8. The number of hydrogen-bond donors (Lipinski definition) is 0. The van der Waals surface area contributed by atoms with Crippen LogP contribution in [-0.2, 0) is 0 Å². The number of alkyl halides is 3. The van der Waals surface area contributed by atoms with Gasteiger partial charge >= 0.3 is 0 Å². The highest BCUT2D eigenvalue weighted by molar-refractivity contribution is 6.77. The van der Waals surface area contributed by atoms with E-state index in [0.29, 0.717) is 0 Å². The van der Waals surface area contributed by atoms with E-state index in [1.54, 1.807) is 0 Å². The second-order valence-corrected chi connectivity index (χ2v) is 5.05. The van der Waals surface area contributed by atoms with Crippen molar-refractivity contribution in [3.05, 3.63) is 34.6 Å². The zero-order valence-electron chi connectivity index (χ0n) is 7.43. The van der Waals surface area contributed by atoms with E-state index in [4.69, 9.17) is 34.8 Å². The fraction of sp³-hybridized carbons (Fsp3) is 0.125. The smallest absolute Gasteiger partial charge is 0.253 e. The average molecular weight is 313 g/mol. The number of rotatable bonds is 1. The molecule has 0 aromatic heterocycles. The van der Waals surface area contributed by atoms with Crippen molar-refractivity contribution in [1.82, 2.24) is 0 Å². The predicted molar refractivity (Wildman–Crippen MR) is 50.9 cm³/mol.